The summed E-state index contributed by atoms with van der Waals surface area (Å²) in [5, 5.41) is 3.00. The number of nitrogens with one attached hydrogen (secondary N) is 1. The van der Waals surface area contributed by atoms with E-state index in [0.29, 0.717) is 6.42 Å². The van der Waals surface area contributed by atoms with Crippen LogP contribution >= 0.6 is 0 Å². The molecule has 1 heterocycles. The van der Waals surface area contributed by atoms with Gasteiger partial charge in [-0.3, -0.25) is 9.59 Å². The number of methoxy groups -OCH3 is 1. The van der Waals surface area contributed by atoms with Crippen molar-refractivity contribution in [2.75, 3.05) is 7.11 Å². The van der Waals surface area contributed by atoms with Crippen molar-refractivity contribution in [1.29, 1.82) is 0 Å². The molecule has 1 saturated heterocycles. The van der Waals surface area contributed by atoms with E-state index in [9.17, 15) is 9.59 Å². The third-order valence-corrected chi connectivity index (χ3v) is 1.94. The molecular formula is C8H13NO3. The Morgan fingerprint density at radius 2 is 2.25 bits per heavy atom. The molecule has 1 aliphatic rings. The minimum atomic E-state index is -0.439. The van der Waals surface area contributed by atoms with Crippen LogP contribution in [0, 0.1) is 0 Å². The lowest BCUT2D eigenvalue weighted by Crippen LogP contribution is -2.49. The van der Waals surface area contributed by atoms with Gasteiger partial charge in [0.25, 0.3) is 0 Å². The number of carbonyl (C=O) groups excluding carboxylic acids is 2. The lowest BCUT2D eigenvalue weighted by molar-refractivity contribution is -0.146. The summed E-state index contributed by atoms with van der Waals surface area (Å²) in [5.41, 5.74) is 0. The first-order valence-corrected chi connectivity index (χ1v) is 3.99. The van der Waals surface area contributed by atoms with Crippen molar-refractivity contribution in [3.63, 3.8) is 0 Å². The zero-order chi connectivity index (χ0) is 9.14. The molecule has 4 nitrogen and oxygen atoms in total. The van der Waals surface area contributed by atoms with Crippen LogP contribution in [0.2, 0.25) is 0 Å². The fraction of sp³-hybridized carbons (Fsp3) is 0.750. The Morgan fingerprint density at radius 1 is 1.58 bits per heavy atom. The van der Waals surface area contributed by atoms with Gasteiger partial charge in [-0.05, 0) is 6.92 Å². The van der Waals surface area contributed by atoms with Crippen molar-refractivity contribution in [3.05, 3.63) is 0 Å². The van der Waals surface area contributed by atoms with Gasteiger partial charge in [-0.1, -0.05) is 0 Å². The Bertz CT molecular complexity index is 202. The molecule has 0 amide bonds. The van der Waals surface area contributed by atoms with E-state index < -0.39 is 6.04 Å². The second-order valence-corrected chi connectivity index (χ2v) is 3.09. The first-order valence-electron chi connectivity index (χ1n) is 3.99. The van der Waals surface area contributed by atoms with Gasteiger partial charge in [0.15, 0.2) is 0 Å². The Labute approximate surface area is 71.3 Å². The van der Waals surface area contributed by atoms with Gasteiger partial charge in [-0.25, -0.2) is 0 Å². The maximum Gasteiger partial charge on any atom is 0.323 e. The van der Waals surface area contributed by atoms with E-state index in [4.69, 9.17) is 0 Å². The molecule has 1 aliphatic heterocycles. The topological polar surface area (TPSA) is 55.4 Å². The molecule has 0 bridgehead atoms. The van der Waals surface area contributed by atoms with Gasteiger partial charge >= 0.3 is 5.97 Å². The second kappa shape index (κ2) is 3.67. The zero-order valence-electron chi connectivity index (χ0n) is 7.29. The van der Waals surface area contributed by atoms with Crippen LogP contribution in [-0.2, 0) is 14.3 Å². The normalized spacial score (nSPS) is 30.0. The number of hydrogen-bond acceptors (Lipinski definition) is 4. The van der Waals surface area contributed by atoms with Gasteiger partial charge in [0.1, 0.15) is 11.8 Å². The van der Waals surface area contributed by atoms with Crippen LogP contribution in [0.25, 0.3) is 0 Å². The molecule has 1 fully saturated rings. The Hall–Kier alpha value is -0.900. The zero-order valence-corrected chi connectivity index (χ0v) is 7.29. The Balaban J connectivity index is 2.55. The summed E-state index contributed by atoms with van der Waals surface area (Å²) in [6, 6.07) is -0.360. The molecule has 2 unspecified atom stereocenters. The minimum absolute atomic E-state index is 0.0790. The predicted octanol–water partition coefficient (Wildman–Crippen LogP) is -0.131. The maximum atomic E-state index is 11.1. The van der Waals surface area contributed by atoms with Gasteiger partial charge in [0.05, 0.1) is 7.11 Å². The number of Topliss-reactive ketones (excluding diaryl/α,β-unsaturated/α-hetero) is 1. The molecule has 0 aliphatic carbocycles. The summed E-state index contributed by atoms with van der Waals surface area (Å²) in [4.78, 5) is 22.1. The number of carbonyl (C=O) groups is 2. The van der Waals surface area contributed by atoms with Gasteiger partial charge < -0.3 is 10.1 Å². The highest BCUT2D eigenvalue weighted by Gasteiger charge is 2.29. The number of rotatable bonds is 1. The summed E-state index contributed by atoms with van der Waals surface area (Å²) in [6.45, 7) is 1.88. The maximum absolute atomic E-state index is 11.1. The highest BCUT2D eigenvalue weighted by molar-refractivity contribution is 5.88. The fourth-order valence-electron chi connectivity index (χ4n) is 1.41. The first-order chi connectivity index (χ1) is 5.63. The molecule has 4 heteroatoms. The largest absolute Gasteiger partial charge is 0.468 e. The van der Waals surface area contributed by atoms with E-state index >= 15 is 0 Å². The summed E-state index contributed by atoms with van der Waals surface area (Å²) in [7, 11) is 1.33. The van der Waals surface area contributed by atoms with Gasteiger partial charge in [-0.15, -0.1) is 0 Å². The smallest absolute Gasteiger partial charge is 0.323 e. The molecule has 0 aromatic carbocycles. The van der Waals surface area contributed by atoms with E-state index in [2.05, 4.69) is 10.1 Å². The quantitative estimate of drug-likeness (QED) is 0.558. The van der Waals surface area contributed by atoms with E-state index in [-0.39, 0.29) is 24.2 Å². The lowest BCUT2D eigenvalue weighted by atomic mass is 9.98. The van der Waals surface area contributed by atoms with Crippen LogP contribution in [0.3, 0.4) is 0 Å². The van der Waals surface area contributed by atoms with Gasteiger partial charge in [0, 0.05) is 18.9 Å². The molecule has 2 atom stereocenters. The molecule has 68 valence electrons. The van der Waals surface area contributed by atoms with E-state index in [1.807, 2.05) is 6.92 Å². The lowest BCUT2D eigenvalue weighted by Gasteiger charge is -2.25. The van der Waals surface area contributed by atoms with Gasteiger partial charge in [0.2, 0.25) is 0 Å². The molecule has 0 aromatic heterocycles. The molecule has 0 spiro atoms. The molecule has 0 saturated carbocycles. The van der Waals surface area contributed by atoms with Crippen molar-refractivity contribution in [2.45, 2.75) is 31.8 Å². The summed E-state index contributed by atoms with van der Waals surface area (Å²) in [5.74, 6) is -0.230. The molecule has 0 aromatic rings. The van der Waals surface area contributed by atoms with Crippen molar-refractivity contribution in [3.8, 4) is 0 Å². The summed E-state index contributed by atoms with van der Waals surface area (Å²) in [6.07, 6.45) is 0.768. The molecule has 1 rings (SSSR count). The standard InChI is InChI=1S/C8H13NO3/c1-5-3-6(10)4-7(9-5)8(11)12-2/h5,7,9H,3-4H2,1-2H3. The summed E-state index contributed by atoms with van der Waals surface area (Å²) >= 11 is 0. The third-order valence-electron chi connectivity index (χ3n) is 1.94. The average Bonchev–Trinajstić information content (AvgIpc) is 2.01. The highest BCUT2D eigenvalue weighted by atomic mass is 16.5. The molecular weight excluding hydrogens is 158 g/mol. The monoisotopic (exact) mass is 171 g/mol. The van der Waals surface area contributed by atoms with Crippen LogP contribution in [0.5, 0.6) is 0 Å². The van der Waals surface area contributed by atoms with Crippen molar-refractivity contribution < 1.29 is 14.3 Å². The van der Waals surface area contributed by atoms with Crippen LogP contribution in [-0.4, -0.2) is 30.9 Å². The van der Waals surface area contributed by atoms with E-state index in [0.717, 1.165) is 0 Å². The molecule has 12 heavy (non-hydrogen) atoms. The number of ketones is 1. The van der Waals surface area contributed by atoms with Crippen molar-refractivity contribution in [1.82, 2.24) is 5.32 Å². The van der Waals surface area contributed by atoms with Crippen LogP contribution in [0.1, 0.15) is 19.8 Å². The number of piperidine rings is 1. The van der Waals surface area contributed by atoms with Crippen LogP contribution in [0.4, 0.5) is 0 Å². The SMILES string of the molecule is COC(=O)C1CC(=O)CC(C)N1. The van der Waals surface area contributed by atoms with Gasteiger partial charge in [-0.2, -0.15) is 0 Å². The second-order valence-electron chi connectivity index (χ2n) is 3.09. The first kappa shape index (κ1) is 9.19. The van der Waals surface area contributed by atoms with Crippen molar-refractivity contribution >= 4 is 11.8 Å². The Morgan fingerprint density at radius 3 is 2.75 bits per heavy atom. The number of esters is 1. The third kappa shape index (κ3) is 2.04. The molecule has 1 N–H and O–H groups in total. The van der Waals surface area contributed by atoms with E-state index in [1.54, 1.807) is 0 Å². The number of ether oxygens (including phenoxy) is 1. The van der Waals surface area contributed by atoms with Crippen molar-refractivity contribution in [2.24, 2.45) is 0 Å². The number of hydrogen-bond donors (Lipinski definition) is 1. The summed E-state index contributed by atoms with van der Waals surface area (Å²) < 4.78 is 4.53. The average molecular weight is 171 g/mol. The van der Waals surface area contributed by atoms with Crippen LogP contribution in [0.15, 0.2) is 0 Å². The molecule has 0 radical (unpaired) electrons. The van der Waals surface area contributed by atoms with E-state index in [1.165, 1.54) is 7.11 Å². The van der Waals surface area contributed by atoms with Crippen LogP contribution < -0.4 is 5.32 Å². The fourth-order valence-corrected chi connectivity index (χ4v) is 1.41. The highest BCUT2D eigenvalue weighted by Crippen LogP contribution is 2.09. The Kier molecular flexibility index (Phi) is 2.81. The minimum Gasteiger partial charge on any atom is -0.468 e. The predicted molar refractivity (Wildman–Crippen MR) is 42.6 cm³/mol.